The first-order chi connectivity index (χ1) is 17.1. The van der Waals surface area contributed by atoms with E-state index < -0.39 is 34.5 Å². The predicted octanol–water partition coefficient (Wildman–Crippen LogP) is 2.32. The summed E-state index contributed by atoms with van der Waals surface area (Å²) in [5.41, 5.74) is -1.07. The summed E-state index contributed by atoms with van der Waals surface area (Å²) in [6.07, 6.45) is -0.366. The number of alkyl carbamates (subject to hydrolysis) is 1. The van der Waals surface area contributed by atoms with Crippen LogP contribution in [0.4, 0.5) is 4.79 Å². The van der Waals surface area contributed by atoms with Crippen molar-refractivity contribution in [1.82, 2.24) is 20.6 Å². The van der Waals surface area contributed by atoms with Gasteiger partial charge in [0.2, 0.25) is 5.75 Å². The normalized spacial score (nSPS) is 11.0. The third kappa shape index (κ3) is 6.53. The molecule has 3 rings (SSSR count). The third-order valence-electron chi connectivity index (χ3n) is 5.27. The maximum Gasteiger partial charge on any atom is 0.408 e. The first-order valence-corrected chi connectivity index (χ1v) is 11.1. The van der Waals surface area contributed by atoms with E-state index in [2.05, 4.69) is 20.6 Å². The van der Waals surface area contributed by atoms with Gasteiger partial charge in [-0.15, -0.1) is 0 Å². The smallest absolute Gasteiger partial charge is 0.408 e. The van der Waals surface area contributed by atoms with Crippen molar-refractivity contribution in [3.63, 3.8) is 0 Å². The molecule has 0 unspecified atom stereocenters. The van der Waals surface area contributed by atoms with Crippen LogP contribution in [0, 0.1) is 0 Å². The number of nitrogens with one attached hydrogen (secondary N) is 3. The number of aromatic hydroxyl groups is 2. The highest BCUT2D eigenvalue weighted by molar-refractivity contribution is 5.94. The van der Waals surface area contributed by atoms with E-state index >= 15 is 0 Å². The molecule has 1 heterocycles. The Hall–Kier alpha value is -4.54. The molecule has 5 N–H and O–H groups in total. The van der Waals surface area contributed by atoms with Gasteiger partial charge in [0, 0.05) is 6.54 Å². The fraction of sp³-hybridized carbons (Fsp3) is 0.280. The lowest BCUT2D eigenvalue weighted by atomic mass is 10.0. The number of phenols is 1. The number of hydrogen-bond donors (Lipinski definition) is 5. The fourth-order valence-corrected chi connectivity index (χ4v) is 3.28. The maximum atomic E-state index is 12.7. The number of benzene rings is 2. The molecular formula is C25H28N4O7. The minimum atomic E-state index is -1.24. The van der Waals surface area contributed by atoms with Gasteiger partial charge in [-0.3, -0.25) is 9.59 Å². The molecule has 1 aromatic heterocycles. The van der Waals surface area contributed by atoms with Gasteiger partial charge in [0.15, 0.2) is 17.2 Å². The number of methoxy groups -OCH3 is 1. The second kappa shape index (κ2) is 11.3. The van der Waals surface area contributed by atoms with Gasteiger partial charge in [0.1, 0.15) is 12.4 Å². The van der Waals surface area contributed by atoms with Crippen LogP contribution in [0.5, 0.6) is 17.2 Å². The number of nitrogens with zero attached hydrogens (tertiary/aromatic N) is 1. The summed E-state index contributed by atoms with van der Waals surface area (Å²) < 4.78 is 10.3. The molecule has 36 heavy (non-hydrogen) atoms. The quantitative estimate of drug-likeness (QED) is 0.301. The Labute approximate surface area is 207 Å². The molecule has 2 aromatic carbocycles. The van der Waals surface area contributed by atoms with Gasteiger partial charge in [-0.1, -0.05) is 36.4 Å². The van der Waals surface area contributed by atoms with E-state index in [-0.39, 0.29) is 24.7 Å². The first kappa shape index (κ1) is 26.1. The highest BCUT2D eigenvalue weighted by atomic mass is 16.5. The molecule has 0 radical (unpaired) electrons. The van der Waals surface area contributed by atoms with Crippen molar-refractivity contribution < 1.29 is 29.3 Å². The fourth-order valence-electron chi connectivity index (χ4n) is 3.28. The molecule has 0 atom stereocenters. The van der Waals surface area contributed by atoms with Crippen LogP contribution in [-0.2, 0) is 23.3 Å². The average molecular weight is 497 g/mol. The molecule has 190 valence electrons. The molecule has 11 nitrogen and oxygen atoms in total. The van der Waals surface area contributed by atoms with Gasteiger partial charge in [-0.25, -0.2) is 9.78 Å². The molecule has 0 saturated heterocycles. The summed E-state index contributed by atoms with van der Waals surface area (Å²) >= 11 is 0. The SMILES string of the molecule is COc1cc(CCNC(=O)c2nc(C(C)(C)NC(=O)OCc3ccccc3)[nH]c(=O)c2O)ccc1O. The summed E-state index contributed by atoms with van der Waals surface area (Å²) in [5.74, 6) is -1.36. The highest BCUT2D eigenvalue weighted by Gasteiger charge is 2.29. The molecule has 11 heteroatoms. The van der Waals surface area contributed by atoms with E-state index in [0.717, 1.165) is 11.1 Å². The Morgan fingerprint density at radius 2 is 1.81 bits per heavy atom. The van der Waals surface area contributed by atoms with E-state index in [0.29, 0.717) is 12.2 Å². The molecule has 2 amide bonds. The molecule has 0 bridgehead atoms. The van der Waals surface area contributed by atoms with Crippen LogP contribution >= 0.6 is 0 Å². The average Bonchev–Trinajstić information content (AvgIpc) is 2.85. The van der Waals surface area contributed by atoms with Crippen molar-refractivity contribution in [3.8, 4) is 17.2 Å². The lowest BCUT2D eigenvalue weighted by Gasteiger charge is -2.25. The molecule has 0 spiro atoms. The number of rotatable bonds is 9. The Balaban J connectivity index is 1.66. The van der Waals surface area contributed by atoms with E-state index in [1.807, 2.05) is 18.2 Å². The van der Waals surface area contributed by atoms with Gasteiger partial charge in [-0.05, 0) is 43.5 Å². The van der Waals surface area contributed by atoms with Crippen molar-refractivity contribution in [2.45, 2.75) is 32.4 Å². The molecule has 0 aliphatic rings. The van der Waals surface area contributed by atoms with Gasteiger partial charge in [0.05, 0.1) is 12.6 Å². The van der Waals surface area contributed by atoms with Crippen LogP contribution in [0.25, 0.3) is 0 Å². The zero-order chi connectivity index (χ0) is 26.3. The lowest BCUT2D eigenvalue weighted by Crippen LogP contribution is -2.44. The van der Waals surface area contributed by atoms with Crippen LogP contribution in [-0.4, -0.2) is 45.8 Å². The summed E-state index contributed by atoms with van der Waals surface area (Å²) in [5, 5.41) is 25.0. The Kier molecular flexibility index (Phi) is 8.15. The highest BCUT2D eigenvalue weighted by Crippen LogP contribution is 2.26. The summed E-state index contributed by atoms with van der Waals surface area (Å²) in [7, 11) is 1.43. The second-order valence-corrected chi connectivity index (χ2v) is 8.44. The third-order valence-corrected chi connectivity index (χ3v) is 5.27. The lowest BCUT2D eigenvalue weighted by molar-refractivity contribution is 0.0945. The van der Waals surface area contributed by atoms with Crippen molar-refractivity contribution in [1.29, 1.82) is 0 Å². The number of amides is 2. The number of ether oxygens (including phenoxy) is 2. The summed E-state index contributed by atoms with van der Waals surface area (Å²) in [6.45, 7) is 3.32. The van der Waals surface area contributed by atoms with Gasteiger partial charge < -0.3 is 35.3 Å². The zero-order valence-corrected chi connectivity index (χ0v) is 20.1. The van der Waals surface area contributed by atoms with Gasteiger partial charge >= 0.3 is 6.09 Å². The standard InChI is InChI=1S/C25H28N4O7/c1-25(2,29-24(34)36-14-16-7-5-4-6-8-16)23-27-19(20(31)22(33)28-23)21(32)26-12-11-15-9-10-17(30)18(13-15)35-3/h4-10,13,30-31H,11-12,14H2,1-3H3,(H,26,32)(H,29,34)(H,27,28,33). The monoisotopic (exact) mass is 496 g/mol. The number of carbonyl (C=O) groups excluding carboxylic acids is 2. The second-order valence-electron chi connectivity index (χ2n) is 8.44. The van der Waals surface area contributed by atoms with Crippen LogP contribution in [0.1, 0.15) is 41.3 Å². The Morgan fingerprint density at radius 1 is 1.08 bits per heavy atom. The molecule has 0 saturated carbocycles. The van der Waals surface area contributed by atoms with Crippen molar-refractivity contribution in [2.75, 3.05) is 13.7 Å². The van der Waals surface area contributed by atoms with Crippen molar-refractivity contribution in [3.05, 3.63) is 81.5 Å². The number of phenolic OH excluding ortho intramolecular Hbond substituents is 1. The molecular weight excluding hydrogens is 468 g/mol. The molecule has 3 aromatic rings. The molecule has 0 fully saturated rings. The largest absolute Gasteiger partial charge is 0.504 e. The number of H-pyrrole nitrogens is 1. The van der Waals surface area contributed by atoms with E-state index in [1.54, 1.807) is 38.1 Å². The van der Waals surface area contributed by atoms with E-state index in [4.69, 9.17) is 9.47 Å². The van der Waals surface area contributed by atoms with Crippen LogP contribution in [0.2, 0.25) is 0 Å². The van der Waals surface area contributed by atoms with Gasteiger partial charge in [0.25, 0.3) is 11.5 Å². The predicted molar refractivity (Wildman–Crippen MR) is 130 cm³/mol. The minimum Gasteiger partial charge on any atom is -0.504 e. The number of hydrogen-bond acceptors (Lipinski definition) is 8. The van der Waals surface area contributed by atoms with Crippen LogP contribution < -0.4 is 20.9 Å². The molecule has 0 aliphatic carbocycles. The number of aromatic nitrogens is 2. The Morgan fingerprint density at radius 3 is 2.50 bits per heavy atom. The topological polar surface area (TPSA) is 163 Å². The minimum absolute atomic E-state index is 0.00406. The van der Waals surface area contributed by atoms with Crippen molar-refractivity contribution in [2.24, 2.45) is 0 Å². The summed E-state index contributed by atoms with van der Waals surface area (Å²) in [6, 6.07) is 13.9. The zero-order valence-electron chi connectivity index (χ0n) is 20.1. The molecule has 0 aliphatic heterocycles. The van der Waals surface area contributed by atoms with Crippen LogP contribution in [0.15, 0.2) is 53.3 Å². The van der Waals surface area contributed by atoms with Crippen LogP contribution in [0.3, 0.4) is 0 Å². The Bertz CT molecular complexity index is 1290. The van der Waals surface area contributed by atoms with Gasteiger partial charge in [-0.2, -0.15) is 0 Å². The number of aromatic amines is 1. The first-order valence-electron chi connectivity index (χ1n) is 11.1. The van der Waals surface area contributed by atoms with E-state index in [9.17, 15) is 24.6 Å². The summed E-state index contributed by atoms with van der Waals surface area (Å²) in [4.78, 5) is 43.8. The number of carbonyl (C=O) groups is 2. The van der Waals surface area contributed by atoms with Crippen molar-refractivity contribution >= 4 is 12.0 Å². The maximum absolute atomic E-state index is 12.7. The van der Waals surface area contributed by atoms with E-state index in [1.165, 1.54) is 13.2 Å².